The molecule has 0 saturated carbocycles. The van der Waals surface area contributed by atoms with Gasteiger partial charge in [-0.15, -0.1) is 0 Å². The molecule has 2 saturated heterocycles. The van der Waals surface area contributed by atoms with Crippen molar-refractivity contribution in [2.45, 2.75) is 31.6 Å². The van der Waals surface area contributed by atoms with E-state index in [9.17, 15) is 13.6 Å². The molecule has 45 heavy (non-hydrogen) atoms. The summed E-state index contributed by atoms with van der Waals surface area (Å²) in [5.41, 5.74) is 1.46. The monoisotopic (exact) mass is 616 g/mol. The third kappa shape index (κ3) is 5.73. The van der Waals surface area contributed by atoms with Gasteiger partial charge in [-0.25, -0.2) is 19.7 Å². The van der Waals surface area contributed by atoms with E-state index in [1.165, 1.54) is 11.1 Å². The maximum atomic E-state index is 16.6. The van der Waals surface area contributed by atoms with E-state index in [-0.39, 0.29) is 62.6 Å². The molecule has 10 nitrogen and oxygen atoms in total. The fraction of sp³-hybridized carbons (Fsp3) is 0.375. The zero-order valence-electron chi connectivity index (χ0n) is 24.9. The molecule has 1 aromatic carbocycles. The Morgan fingerprint density at radius 1 is 1.18 bits per heavy atom. The number of aromatic nitrogens is 4. The van der Waals surface area contributed by atoms with Crippen molar-refractivity contribution >= 4 is 33.4 Å². The molecule has 6 rings (SSSR count). The highest BCUT2D eigenvalue weighted by molar-refractivity contribution is 6.00. The Labute approximate surface area is 258 Å². The number of nitrogens with zero attached hydrogens (tertiary/aromatic N) is 8. The second-order valence-electron chi connectivity index (χ2n) is 11.5. The highest BCUT2D eigenvalue weighted by atomic mass is 19.1. The summed E-state index contributed by atoms with van der Waals surface area (Å²) in [7, 11) is 1.81. The van der Waals surface area contributed by atoms with Crippen molar-refractivity contribution in [2.75, 3.05) is 51.3 Å². The van der Waals surface area contributed by atoms with E-state index in [0.29, 0.717) is 23.2 Å². The van der Waals surface area contributed by atoms with Crippen molar-refractivity contribution in [2.24, 2.45) is 0 Å². The number of carbonyl (C=O) groups excluding carboxylic acids is 1. The molecule has 0 N–H and O–H groups in total. The molecule has 3 aromatic heterocycles. The van der Waals surface area contributed by atoms with Crippen molar-refractivity contribution in [3.63, 3.8) is 0 Å². The van der Waals surface area contributed by atoms with Gasteiger partial charge in [0.25, 0.3) is 5.91 Å². The quantitative estimate of drug-likeness (QED) is 0.221. The Hall–Kier alpha value is -4.83. The minimum Gasteiger partial charge on any atom is -0.462 e. The third-order valence-corrected chi connectivity index (χ3v) is 8.51. The van der Waals surface area contributed by atoms with Crippen LogP contribution in [0.25, 0.3) is 37.8 Å². The van der Waals surface area contributed by atoms with E-state index in [1.54, 1.807) is 17.3 Å². The van der Waals surface area contributed by atoms with Gasteiger partial charge in [-0.2, -0.15) is 9.97 Å². The van der Waals surface area contributed by atoms with Gasteiger partial charge in [0.05, 0.1) is 5.39 Å². The van der Waals surface area contributed by atoms with E-state index < -0.39 is 29.8 Å². The van der Waals surface area contributed by atoms with Crippen LogP contribution in [0.5, 0.6) is 6.01 Å². The van der Waals surface area contributed by atoms with Crippen LogP contribution in [0, 0.1) is 19.3 Å². The highest BCUT2D eigenvalue weighted by Crippen LogP contribution is 2.36. The standard InChI is InChI=1S/C32H31F3N8O2/c1-18-6-5-7-20-11-37-13-24(26(18)20)28-27(35)29-25(14-38-28)30(40-32(39-29)45-17-22-10-21(34)15-41(22)4)42-8-9-43(31(44)19(2)33)23(16-42)12-36-3/h5-7,11,13-14,21-23H,2,8-10,12,15-17H2,1,4H3/t21-,22+,23+/m1/s1. The Morgan fingerprint density at radius 2 is 2.00 bits per heavy atom. The van der Waals surface area contributed by atoms with Gasteiger partial charge < -0.3 is 19.4 Å². The van der Waals surface area contributed by atoms with Crippen LogP contribution in [0.4, 0.5) is 19.0 Å². The molecule has 1 amide bonds. The number of hydrogen-bond donors (Lipinski definition) is 0. The highest BCUT2D eigenvalue weighted by Gasteiger charge is 2.36. The van der Waals surface area contributed by atoms with Crippen molar-refractivity contribution in [3.05, 3.63) is 72.0 Å². The number of carbonyl (C=O) groups is 1. The van der Waals surface area contributed by atoms with Gasteiger partial charge in [-0.3, -0.25) is 19.7 Å². The summed E-state index contributed by atoms with van der Waals surface area (Å²) in [6.07, 6.45) is 4.09. The summed E-state index contributed by atoms with van der Waals surface area (Å²) in [5.74, 6) is -2.38. The summed E-state index contributed by atoms with van der Waals surface area (Å²) in [5, 5.41) is 1.94. The molecule has 5 heterocycles. The van der Waals surface area contributed by atoms with E-state index in [0.717, 1.165) is 16.3 Å². The molecule has 232 valence electrons. The molecule has 4 aromatic rings. The molecule has 2 fully saturated rings. The van der Waals surface area contributed by atoms with Crippen LogP contribution >= 0.6 is 0 Å². The lowest BCUT2D eigenvalue weighted by Crippen LogP contribution is -2.56. The average Bonchev–Trinajstić information content (AvgIpc) is 3.36. The van der Waals surface area contributed by atoms with Gasteiger partial charge in [0.1, 0.15) is 35.8 Å². The average molecular weight is 617 g/mol. The van der Waals surface area contributed by atoms with Crippen LogP contribution in [0.1, 0.15) is 12.0 Å². The number of alkyl halides is 1. The predicted molar refractivity (Wildman–Crippen MR) is 164 cm³/mol. The van der Waals surface area contributed by atoms with Crippen LogP contribution in [0.15, 0.2) is 49.2 Å². The van der Waals surface area contributed by atoms with Gasteiger partial charge in [0.2, 0.25) is 6.54 Å². The summed E-state index contributed by atoms with van der Waals surface area (Å²) in [4.78, 5) is 38.8. The van der Waals surface area contributed by atoms with Crippen molar-refractivity contribution in [3.8, 4) is 17.3 Å². The van der Waals surface area contributed by atoms with Gasteiger partial charge in [0, 0.05) is 61.8 Å². The number of likely N-dealkylation sites (N-methyl/N-ethyl adjacent to an activating group) is 1. The molecule has 0 spiro atoms. The van der Waals surface area contributed by atoms with Gasteiger partial charge in [-0.1, -0.05) is 24.8 Å². The lowest BCUT2D eigenvalue weighted by atomic mass is 10.00. The zero-order valence-corrected chi connectivity index (χ0v) is 24.9. The number of halogens is 3. The molecule has 0 aliphatic carbocycles. The first kappa shape index (κ1) is 30.2. The van der Waals surface area contributed by atoms with Gasteiger partial charge >= 0.3 is 6.01 Å². The number of aryl methyl sites for hydroxylation is 1. The van der Waals surface area contributed by atoms with Crippen LogP contribution in [0.2, 0.25) is 0 Å². The molecule has 2 aliphatic heterocycles. The van der Waals surface area contributed by atoms with Gasteiger partial charge in [-0.05, 0) is 31.3 Å². The Balaban J connectivity index is 1.45. The topological polar surface area (TPSA) is 91.9 Å². The van der Waals surface area contributed by atoms with E-state index >= 15 is 4.39 Å². The number of hydrogen-bond acceptors (Lipinski definition) is 8. The molecule has 3 atom stereocenters. The molecule has 0 unspecified atom stereocenters. The Bertz CT molecular complexity index is 1840. The number of rotatable bonds is 7. The Morgan fingerprint density at radius 3 is 2.73 bits per heavy atom. The van der Waals surface area contributed by atoms with Crippen LogP contribution in [-0.2, 0) is 4.79 Å². The van der Waals surface area contributed by atoms with E-state index in [4.69, 9.17) is 11.3 Å². The number of ether oxygens (including phenoxy) is 1. The predicted octanol–water partition coefficient (Wildman–Crippen LogP) is 4.53. The summed E-state index contributed by atoms with van der Waals surface area (Å²) in [6, 6.07) is 4.75. The van der Waals surface area contributed by atoms with Crippen LogP contribution < -0.4 is 9.64 Å². The maximum absolute atomic E-state index is 16.6. The number of anilines is 1. The number of benzene rings is 1. The second kappa shape index (κ2) is 12.3. The molecular weight excluding hydrogens is 585 g/mol. The SMILES string of the molecule is [C-]#[N+]C[C@H]1CN(c2nc(OC[C@@H]3C[C@@H](F)CN3C)nc3c(F)c(-c4cncc5cccc(C)c45)ncc23)CCN1C(=O)C(=C)F. The summed E-state index contributed by atoms with van der Waals surface area (Å²) >= 11 is 0. The summed E-state index contributed by atoms with van der Waals surface area (Å²) in [6.45, 7) is 13.2. The number of likely N-dealkylation sites (tertiary alicyclic amines) is 1. The van der Waals surface area contributed by atoms with E-state index in [1.807, 2.05) is 37.1 Å². The number of amides is 1. The first-order chi connectivity index (χ1) is 21.7. The molecular formula is C32H31F3N8O2. The largest absolute Gasteiger partial charge is 0.462 e. The normalized spacial score (nSPS) is 20.5. The van der Waals surface area contributed by atoms with E-state index in [2.05, 4.69) is 31.4 Å². The first-order valence-electron chi connectivity index (χ1n) is 14.6. The zero-order chi connectivity index (χ0) is 31.8. The van der Waals surface area contributed by atoms with Crippen molar-refractivity contribution < 1.29 is 22.7 Å². The fourth-order valence-electron chi connectivity index (χ4n) is 6.23. The van der Waals surface area contributed by atoms with Crippen molar-refractivity contribution in [1.82, 2.24) is 29.7 Å². The minimum absolute atomic E-state index is 0.0360. The van der Waals surface area contributed by atoms with Gasteiger partial charge in [0.15, 0.2) is 11.6 Å². The smallest absolute Gasteiger partial charge is 0.319 e. The van der Waals surface area contributed by atoms with Crippen LogP contribution in [-0.4, -0.2) is 100 Å². The number of piperazine rings is 1. The maximum Gasteiger partial charge on any atom is 0.319 e. The third-order valence-electron chi connectivity index (χ3n) is 8.51. The summed E-state index contributed by atoms with van der Waals surface area (Å²) < 4.78 is 50.4. The van der Waals surface area contributed by atoms with Crippen LogP contribution in [0.3, 0.4) is 0 Å². The molecule has 2 aliphatic rings. The minimum atomic E-state index is -1.11. The Kier molecular flexibility index (Phi) is 8.24. The fourth-order valence-corrected chi connectivity index (χ4v) is 6.23. The lowest BCUT2D eigenvalue weighted by molar-refractivity contribution is -0.131. The first-order valence-corrected chi connectivity index (χ1v) is 14.6. The van der Waals surface area contributed by atoms with Crippen molar-refractivity contribution in [1.29, 1.82) is 0 Å². The second-order valence-corrected chi connectivity index (χ2v) is 11.5. The molecule has 0 bridgehead atoms. The molecule has 13 heteroatoms. The number of pyridine rings is 2. The molecule has 0 radical (unpaired) electrons. The lowest BCUT2D eigenvalue weighted by Gasteiger charge is -2.39. The number of fused-ring (bicyclic) bond motifs is 2.